The molecule has 3 aromatic rings. The summed E-state index contributed by atoms with van der Waals surface area (Å²) in [6.45, 7) is 5.22. The Labute approximate surface area is 219 Å². The number of thioether (sulfide) groups is 2. The summed E-state index contributed by atoms with van der Waals surface area (Å²) in [4.78, 5) is 24.4. The first-order valence-corrected chi connectivity index (χ1v) is 13.3. The van der Waals surface area contributed by atoms with Crippen LogP contribution in [0.5, 0.6) is 0 Å². The van der Waals surface area contributed by atoms with Gasteiger partial charge in [0.2, 0.25) is 0 Å². The molecule has 2 heterocycles. The van der Waals surface area contributed by atoms with Gasteiger partial charge in [-0.05, 0) is 67.1 Å². The molecule has 0 saturated carbocycles. The third kappa shape index (κ3) is 4.60. The van der Waals surface area contributed by atoms with Crippen LogP contribution in [0, 0.1) is 18.3 Å². The van der Waals surface area contributed by atoms with Crippen molar-refractivity contribution in [2.45, 2.75) is 25.3 Å². The summed E-state index contributed by atoms with van der Waals surface area (Å²) in [7, 11) is 2.00. The number of aliphatic imine (C=N–C) groups is 1. The fourth-order valence-corrected chi connectivity index (χ4v) is 6.43. The maximum atomic E-state index is 13.9. The van der Waals surface area contributed by atoms with E-state index in [2.05, 4.69) is 41.4 Å². The van der Waals surface area contributed by atoms with Crippen molar-refractivity contribution in [1.82, 2.24) is 4.90 Å². The lowest BCUT2D eigenvalue weighted by Gasteiger charge is -2.17. The Morgan fingerprint density at radius 2 is 1.86 bits per heavy atom. The minimum atomic E-state index is -0.0667. The lowest BCUT2D eigenvalue weighted by atomic mass is 10.2. The summed E-state index contributed by atoms with van der Waals surface area (Å²) < 4.78 is 0. The molecule has 2 aliphatic heterocycles. The molecule has 0 spiro atoms. The summed E-state index contributed by atoms with van der Waals surface area (Å²) in [6.07, 6.45) is 0. The third-order valence-electron chi connectivity index (χ3n) is 5.94. The number of carbonyl (C=O) groups excluding carboxylic acids is 1. The fourth-order valence-electron chi connectivity index (χ4n) is 4.12. The number of anilines is 2. The first kappa shape index (κ1) is 24.0. The van der Waals surface area contributed by atoms with Crippen LogP contribution in [0.3, 0.4) is 0 Å². The van der Waals surface area contributed by atoms with Gasteiger partial charge in [0, 0.05) is 18.5 Å². The van der Waals surface area contributed by atoms with E-state index in [0.717, 1.165) is 33.4 Å². The molecule has 0 unspecified atom stereocenters. The number of hydrogen-bond donors (Lipinski definition) is 1. The summed E-state index contributed by atoms with van der Waals surface area (Å²) in [6, 6.07) is 23.9. The minimum Gasteiger partial charge on any atom is -0.384 e. The van der Waals surface area contributed by atoms with Crippen LogP contribution in [0.25, 0.3) is 0 Å². The standard InChI is InChI=1S/C28H25N5OS2/c1-4-30-21-12-11-20(16-29)15-22(21)31-28-33(17-19-8-6-5-7-9-19)26(34)25(36-28)27-32(3)23-14-18(2)10-13-24(23)35-27/h5-15,30H,4,17H2,1-3H3/b27-25-,31-28?. The normalized spacial score (nSPS) is 18.1. The number of fused-ring (bicyclic) bond motifs is 1. The van der Waals surface area contributed by atoms with E-state index in [1.807, 2.05) is 50.4 Å². The molecule has 180 valence electrons. The minimum absolute atomic E-state index is 0.0667. The second-order valence-corrected chi connectivity index (χ2v) is 10.5. The van der Waals surface area contributed by atoms with E-state index < -0.39 is 0 Å². The predicted octanol–water partition coefficient (Wildman–Crippen LogP) is 6.47. The third-order valence-corrected chi connectivity index (χ3v) is 8.37. The molecule has 0 aromatic heterocycles. The van der Waals surface area contributed by atoms with Crippen LogP contribution in [-0.2, 0) is 11.3 Å². The highest BCUT2D eigenvalue weighted by Crippen LogP contribution is 2.50. The van der Waals surface area contributed by atoms with Crippen molar-refractivity contribution in [1.29, 1.82) is 5.26 Å². The molecule has 0 bridgehead atoms. The predicted molar refractivity (Wildman–Crippen MR) is 149 cm³/mol. The number of aryl methyl sites for hydroxylation is 1. The Kier molecular flexibility index (Phi) is 6.77. The van der Waals surface area contributed by atoms with E-state index in [-0.39, 0.29) is 5.91 Å². The highest BCUT2D eigenvalue weighted by Gasteiger charge is 2.39. The van der Waals surface area contributed by atoms with Gasteiger partial charge in [-0.3, -0.25) is 9.69 Å². The van der Waals surface area contributed by atoms with Gasteiger partial charge in [0.25, 0.3) is 5.91 Å². The van der Waals surface area contributed by atoms with E-state index in [9.17, 15) is 10.1 Å². The zero-order valence-electron chi connectivity index (χ0n) is 20.3. The molecule has 36 heavy (non-hydrogen) atoms. The van der Waals surface area contributed by atoms with Gasteiger partial charge in [0.15, 0.2) is 5.17 Å². The number of benzene rings is 3. The first-order chi connectivity index (χ1) is 17.5. The average molecular weight is 512 g/mol. The van der Waals surface area contributed by atoms with Crippen molar-refractivity contribution in [3.05, 3.63) is 93.4 Å². The van der Waals surface area contributed by atoms with E-state index in [4.69, 9.17) is 4.99 Å². The SMILES string of the molecule is CCNc1ccc(C#N)cc1N=C1S/C(=C2\Sc3ccc(C)cc3N2C)C(=O)N1Cc1ccccc1. The molecule has 8 heteroatoms. The van der Waals surface area contributed by atoms with Crippen LogP contribution in [0.2, 0.25) is 0 Å². The van der Waals surface area contributed by atoms with E-state index in [1.165, 1.54) is 17.3 Å². The van der Waals surface area contributed by atoms with Crippen molar-refractivity contribution >= 4 is 51.7 Å². The Balaban J connectivity index is 1.59. The summed E-state index contributed by atoms with van der Waals surface area (Å²) in [5.41, 5.74) is 5.30. The van der Waals surface area contributed by atoms with Gasteiger partial charge in [-0.2, -0.15) is 5.26 Å². The summed E-state index contributed by atoms with van der Waals surface area (Å²) >= 11 is 3.00. The summed E-state index contributed by atoms with van der Waals surface area (Å²) in [5.74, 6) is -0.0667. The Morgan fingerprint density at radius 1 is 1.06 bits per heavy atom. The molecule has 0 radical (unpaired) electrons. The highest BCUT2D eigenvalue weighted by molar-refractivity contribution is 8.19. The lowest BCUT2D eigenvalue weighted by Crippen LogP contribution is -2.29. The molecular formula is C28H25N5OS2. The van der Waals surface area contributed by atoms with E-state index in [0.29, 0.717) is 27.9 Å². The molecule has 0 aliphatic carbocycles. The second kappa shape index (κ2) is 10.1. The van der Waals surface area contributed by atoms with Gasteiger partial charge in [-0.1, -0.05) is 48.2 Å². The molecule has 1 N–H and O–H groups in total. The summed E-state index contributed by atoms with van der Waals surface area (Å²) in [5, 5.41) is 14.3. The van der Waals surface area contributed by atoms with Crippen molar-refractivity contribution in [3.63, 3.8) is 0 Å². The quantitative estimate of drug-likeness (QED) is 0.396. The van der Waals surface area contributed by atoms with Gasteiger partial charge < -0.3 is 10.2 Å². The molecule has 1 fully saturated rings. The van der Waals surface area contributed by atoms with Crippen molar-refractivity contribution < 1.29 is 4.79 Å². The number of rotatable bonds is 5. The van der Waals surface area contributed by atoms with Crippen LogP contribution in [-0.4, -0.2) is 29.6 Å². The molecule has 0 atom stereocenters. The van der Waals surface area contributed by atoms with Crippen LogP contribution in [0.4, 0.5) is 17.1 Å². The monoisotopic (exact) mass is 511 g/mol. The maximum absolute atomic E-state index is 13.9. The van der Waals surface area contributed by atoms with Gasteiger partial charge in [-0.25, -0.2) is 4.99 Å². The molecule has 3 aromatic carbocycles. The number of nitriles is 1. The second-order valence-electron chi connectivity index (χ2n) is 8.51. The van der Waals surface area contributed by atoms with Gasteiger partial charge >= 0.3 is 0 Å². The lowest BCUT2D eigenvalue weighted by molar-refractivity contribution is -0.122. The Morgan fingerprint density at radius 3 is 2.61 bits per heavy atom. The number of nitrogens with zero attached hydrogens (tertiary/aromatic N) is 4. The topological polar surface area (TPSA) is 71.7 Å². The number of amidine groups is 1. The molecule has 6 nitrogen and oxygen atoms in total. The van der Waals surface area contributed by atoms with Gasteiger partial charge in [0.1, 0.15) is 4.91 Å². The number of carbonyl (C=O) groups is 1. The number of nitrogens with one attached hydrogen (secondary N) is 1. The van der Waals surface area contributed by atoms with Crippen LogP contribution in [0.15, 0.2) is 86.6 Å². The molecular weight excluding hydrogens is 486 g/mol. The van der Waals surface area contributed by atoms with Crippen LogP contribution < -0.4 is 10.2 Å². The van der Waals surface area contributed by atoms with E-state index in [1.54, 1.807) is 28.8 Å². The van der Waals surface area contributed by atoms with Gasteiger partial charge in [0.05, 0.1) is 40.3 Å². The van der Waals surface area contributed by atoms with E-state index >= 15 is 0 Å². The largest absolute Gasteiger partial charge is 0.384 e. The maximum Gasteiger partial charge on any atom is 0.269 e. The molecule has 5 rings (SSSR count). The first-order valence-electron chi connectivity index (χ1n) is 11.7. The van der Waals surface area contributed by atoms with Crippen molar-refractivity contribution in [2.75, 3.05) is 23.8 Å². The van der Waals surface area contributed by atoms with Crippen LogP contribution in [0.1, 0.15) is 23.6 Å². The molecule has 2 aliphatic rings. The fraction of sp³-hybridized carbons (Fsp3) is 0.179. The van der Waals surface area contributed by atoms with Crippen molar-refractivity contribution in [3.8, 4) is 6.07 Å². The van der Waals surface area contributed by atoms with Crippen molar-refractivity contribution in [2.24, 2.45) is 4.99 Å². The zero-order chi connectivity index (χ0) is 25.2. The highest BCUT2D eigenvalue weighted by atomic mass is 32.2. The Hall–Kier alpha value is -3.67. The number of amides is 1. The number of hydrogen-bond acceptors (Lipinski definition) is 7. The zero-order valence-corrected chi connectivity index (χ0v) is 21.9. The van der Waals surface area contributed by atoms with Crippen LogP contribution >= 0.6 is 23.5 Å². The smallest absolute Gasteiger partial charge is 0.269 e. The molecule has 1 amide bonds. The molecule has 1 saturated heterocycles. The van der Waals surface area contributed by atoms with Gasteiger partial charge in [-0.15, -0.1) is 0 Å². The Bertz CT molecular complexity index is 1440. The average Bonchev–Trinajstić information content (AvgIpc) is 3.37.